The van der Waals surface area contributed by atoms with Gasteiger partial charge < -0.3 is 20.6 Å². The summed E-state index contributed by atoms with van der Waals surface area (Å²) < 4.78 is 0. The van der Waals surface area contributed by atoms with Crippen LogP contribution in [-0.4, -0.2) is 32.1 Å². The van der Waals surface area contributed by atoms with Gasteiger partial charge in [0.25, 0.3) is 11.6 Å². The summed E-state index contributed by atoms with van der Waals surface area (Å²) in [6.07, 6.45) is 0. The second kappa shape index (κ2) is 9.04. The van der Waals surface area contributed by atoms with Gasteiger partial charge in [0.15, 0.2) is 11.5 Å². The number of benzene rings is 3. The molecule has 170 valence electrons. The molecular weight excluding hydrogens is 460 g/mol. The number of aromatic hydroxyl groups is 2. The lowest BCUT2D eigenvalue weighted by atomic mass is 10.0. The number of nitro benzene ring substituents is 1. The van der Waals surface area contributed by atoms with Crippen LogP contribution in [0.3, 0.4) is 0 Å². The number of nitro groups is 1. The van der Waals surface area contributed by atoms with Gasteiger partial charge >= 0.3 is 5.97 Å². The molecule has 0 atom stereocenters. The quantitative estimate of drug-likeness (QED) is 0.166. The van der Waals surface area contributed by atoms with E-state index in [4.69, 9.17) is 0 Å². The van der Waals surface area contributed by atoms with Crippen molar-refractivity contribution in [3.63, 3.8) is 0 Å². The molecule has 4 rings (SSSR count). The van der Waals surface area contributed by atoms with Crippen LogP contribution >= 0.6 is 11.3 Å². The molecule has 0 saturated heterocycles. The zero-order chi connectivity index (χ0) is 24.4. The Morgan fingerprint density at radius 3 is 2.38 bits per heavy atom. The maximum Gasteiger partial charge on any atom is 0.345 e. The van der Waals surface area contributed by atoms with Gasteiger partial charge in [-0.15, -0.1) is 11.3 Å². The van der Waals surface area contributed by atoms with Crippen molar-refractivity contribution in [2.24, 2.45) is 0 Å². The number of hydrogen-bond donors (Lipinski definition) is 4. The molecule has 0 aliphatic carbocycles. The van der Waals surface area contributed by atoms with E-state index in [1.54, 1.807) is 42.5 Å². The molecule has 0 aliphatic rings. The molecule has 0 fully saturated rings. The molecule has 0 aliphatic heterocycles. The molecule has 1 aromatic heterocycles. The lowest BCUT2D eigenvalue weighted by Crippen LogP contribution is -2.12. The fourth-order valence-electron chi connectivity index (χ4n) is 3.36. The molecule has 10 heteroatoms. The maximum atomic E-state index is 13.0. The van der Waals surface area contributed by atoms with Crippen LogP contribution in [0.5, 0.6) is 11.5 Å². The minimum absolute atomic E-state index is 0.00142. The summed E-state index contributed by atoms with van der Waals surface area (Å²) >= 11 is 1.08. The van der Waals surface area contributed by atoms with Crippen molar-refractivity contribution in [1.29, 1.82) is 0 Å². The lowest BCUT2D eigenvalue weighted by Gasteiger charge is -2.11. The SMILES string of the molecule is O=C(Nc1ccccc1-c1ccc(C(=O)O)s1)c1cccc(-c2cc([N+](=O)[O-])cc(O)c2O)c1. The topological polar surface area (TPSA) is 150 Å². The summed E-state index contributed by atoms with van der Waals surface area (Å²) in [7, 11) is 0. The number of aromatic carboxylic acids is 1. The van der Waals surface area contributed by atoms with E-state index in [0.717, 1.165) is 23.5 Å². The summed E-state index contributed by atoms with van der Waals surface area (Å²) in [6, 6.07) is 18.1. The number of hydrogen-bond acceptors (Lipinski definition) is 7. The predicted octanol–water partition coefficient (Wildman–Crippen LogP) is 5.35. The summed E-state index contributed by atoms with van der Waals surface area (Å²) in [5, 5.41) is 43.2. The number of carboxylic acids is 1. The molecule has 1 heterocycles. The zero-order valence-electron chi connectivity index (χ0n) is 17.3. The third kappa shape index (κ3) is 4.43. The Kier molecular flexibility index (Phi) is 5.98. The number of carbonyl (C=O) groups excluding carboxylic acids is 1. The van der Waals surface area contributed by atoms with Gasteiger partial charge in [0.1, 0.15) is 4.88 Å². The number of amides is 1. The van der Waals surface area contributed by atoms with E-state index >= 15 is 0 Å². The van der Waals surface area contributed by atoms with Gasteiger partial charge in [0, 0.05) is 33.3 Å². The van der Waals surface area contributed by atoms with Crippen molar-refractivity contribution in [2.75, 3.05) is 5.32 Å². The average Bonchev–Trinajstić information content (AvgIpc) is 3.31. The van der Waals surface area contributed by atoms with Gasteiger partial charge in [-0.25, -0.2) is 4.79 Å². The number of carbonyl (C=O) groups is 2. The van der Waals surface area contributed by atoms with E-state index in [1.165, 1.54) is 18.2 Å². The van der Waals surface area contributed by atoms with E-state index in [9.17, 15) is 35.0 Å². The molecule has 3 aromatic carbocycles. The van der Waals surface area contributed by atoms with E-state index in [0.29, 0.717) is 21.7 Å². The number of non-ortho nitro benzene ring substituents is 1. The second-order valence-electron chi connectivity index (χ2n) is 7.17. The molecule has 0 unspecified atom stereocenters. The van der Waals surface area contributed by atoms with Crippen molar-refractivity contribution in [3.05, 3.63) is 93.4 Å². The first-order valence-corrected chi connectivity index (χ1v) is 10.6. The highest BCUT2D eigenvalue weighted by Gasteiger charge is 2.19. The van der Waals surface area contributed by atoms with E-state index in [2.05, 4.69) is 5.32 Å². The normalized spacial score (nSPS) is 10.6. The minimum Gasteiger partial charge on any atom is -0.504 e. The van der Waals surface area contributed by atoms with Crippen LogP contribution in [0.2, 0.25) is 0 Å². The van der Waals surface area contributed by atoms with Crippen LogP contribution in [0.25, 0.3) is 21.6 Å². The Morgan fingerprint density at radius 1 is 0.912 bits per heavy atom. The Balaban J connectivity index is 1.66. The molecule has 4 aromatic rings. The predicted molar refractivity (Wildman–Crippen MR) is 127 cm³/mol. The van der Waals surface area contributed by atoms with Crippen LogP contribution in [0, 0.1) is 10.1 Å². The first kappa shape index (κ1) is 22.5. The number of para-hydroxylation sites is 1. The molecule has 1 amide bonds. The smallest absolute Gasteiger partial charge is 0.345 e. The summed E-state index contributed by atoms with van der Waals surface area (Å²) in [5.74, 6) is -2.71. The number of phenols is 2. The van der Waals surface area contributed by atoms with Gasteiger partial charge in [0.05, 0.1) is 11.0 Å². The highest BCUT2D eigenvalue weighted by Crippen LogP contribution is 2.40. The molecular formula is C24H16N2O7S. The van der Waals surface area contributed by atoms with E-state index < -0.39 is 34.0 Å². The summed E-state index contributed by atoms with van der Waals surface area (Å²) in [6.45, 7) is 0. The van der Waals surface area contributed by atoms with Gasteiger partial charge in [-0.1, -0.05) is 30.3 Å². The third-order valence-electron chi connectivity index (χ3n) is 4.98. The molecule has 4 N–H and O–H groups in total. The number of rotatable bonds is 6. The van der Waals surface area contributed by atoms with Crippen molar-refractivity contribution >= 4 is 34.6 Å². The third-order valence-corrected chi connectivity index (χ3v) is 6.09. The maximum absolute atomic E-state index is 13.0. The summed E-state index contributed by atoms with van der Waals surface area (Å²) in [5.41, 5.74) is 1.20. The van der Waals surface area contributed by atoms with E-state index in [1.807, 2.05) is 0 Å². The highest BCUT2D eigenvalue weighted by molar-refractivity contribution is 7.17. The second-order valence-corrected chi connectivity index (χ2v) is 8.25. The fraction of sp³-hybridized carbons (Fsp3) is 0. The number of nitrogens with one attached hydrogen (secondary N) is 1. The first-order valence-electron chi connectivity index (χ1n) is 9.79. The largest absolute Gasteiger partial charge is 0.504 e. The van der Waals surface area contributed by atoms with E-state index in [-0.39, 0.29) is 16.0 Å². The van der Waals surface area contributed by atoms with Crippen LogP contribution in [0.15, 0.2) is 72.8 Å². The number of carboxylic acid groups (broad SMARTS) is 1. The molecule has 0 bridgehead atoms. The van der Waals surface area contributed by atoms with Crippen molar-refractivity contribution in [2.45, 2.75) is 0 Å². The van der Waals surface area contributed by atoms with Gasteiger partial charge in [-0.3, -0.25) is 14.9 Å². The number of thiophene rings is 1. The number of nitrogens with zero attached hydrogens (tertiary/aromatic N) is 1. The zero-order valence-corrected chi connectivity index (χ0v) is 18.1. The Morgan fingerprint density at radius 2 is 1.68 bits per heavy atom. The van der Waals surface area contributed by atoms with Crippen LogP contribution in [0.4, 0.5) is 11.4 Å². The molecule has 9 nitrogen and oxygen atoms in total. The molecule has 0 saturated carbocycles. The van der Waals surface area contributed by atoms with Gasteiger partial charge in [0.2, 0.25) is 0 Å². The molecule has 0 radical (unpaired) electrons. The molecule has 34 heavy (non-hydrogen) atoms. The Bertz CT molecular complexity index is 1450. The standard InChI is InChI=1S/C24H16N2O7S/c27-19-12-15(26(32)33)11-17(22(19)28)13-4-3-5-14(10-13)23(29)25-18-7-2-1-6-16(18)20-8-9-21(34-20)24(30)31/h1-12,27-28H,(H,25,29)(H,30,31). The Labute approximate surface area is 196 Å². The van der Waals surface area contributed by atoms with Crippen LogP contribution < -0.4 is 5.32 Å². The molecule has 0 spiro atoms. The summed E-state index contributed by atoms with van der Waals surface area (Å²) in [4.78, 5) is 35.5. The number of phenolic OH excluding ortho intramolecular Hbond substituents is 2. The van der Waals surface area contributed by atoms with Crippen molar-refractivity contribution < 1.29 is 29.8 Å². The lowest BCUT2D eigenvalue weighted by molar-refractivity contribution is -0.384. The van der Waals surface area contributed by atoms with Crippen molar-refractivity contribution in [3.8, 4) is 33.1 Å². The highest BCUT2D eigenvalue weighted by atomic mass is 32.1. The average molecular weight is 476 g/mol. The Hall–Kier alpha value is -4.70. The van der Waals surface area contributed by atoms with Gasteiger partial charge in [-0.2, -0.15) is 0 Å². The monoisotopic (exact) mass is 476 g/mol. The minimum atomic E-state index is -1.04. The van der Waals surface area contributed by atoms with Gasteiger partial charge in [-0.05, 0) is 35.9 Å². The van der Waals surface area contributed by atoms with Crippen LogP contribution in [0.1, 0.15) is 20.0 Å². The number of anilines is 1. The van der Waals surface area contributed by atoms with Crippen molar-refractivity contribution in [1.82, 2.24) is 0 Å². The first-order chi connectivity index (χ1) is 16.2. The fourth-order valence-corrected chi connectivity index (χ4v) is 4.24. The van der Waals surface area contributed by atoms with Crippen LogP contribution in [-0.2, 0) is 0 Å².